The van der Waals surface area contributed by atoms with Gasteiger partial charge in [-0.3, -0.25) is 9.69 Å². The summed E-state index contributed by atoms with van der Waals surface area (Å²) in [7, 11) is 5.27. The molecule has 0 aromatic heterocycles. The Morgan fingerprint density at radius 2 is 1.96 bits per heavy atom. The van der Waals surface area contributed by atoms with E-state index in [0.29, 0.717) is 5.96 Å². The lowest BCUT2D eigenvalue weighted by atomic mass is 9.56. The van der Waals surface area contributed by atoms with E-state index in [1.54, 1.807) is 26.1 Å². The van der Waals surface area contributed by atoms with Gasteiger partial charge >= 0.3 is 0 Å². The molecule has 0 radical (unpaired) electrons. The second-order valence-corrected chi connectivity index (χ2v) is 8.75. The molecule has 1 amide bonds. The van der Waals surface area contributed by atoms with E-state index >= 15 is 0 Å². The number of rotatable bonds is 8. The van der Waals surface area contributed by atoms with Crippen LogP contribution in [0.4, 0.5) is 0 Å². The van der Waals surface area contributed by atoms with Crippen LogP contribution < -0.4 is 10.6 Å². The zero-order valence-corrected chi connectivity index (χ0v) is 18.5. The number of ether oxygens (including phenoxy) is 2. The molecule has 8 heteroatoms. The van der Waals surface area contributed by atoms with Crippen LogP contribution in [-0.4, -0.2) is 100 Å². The monoisotopic (exact) mass is 397 g/mol. The number of amides is 1. The topological polar surface area (TPSA) is 78.4 Å². The van der Waals surface area contributed by atoms with Crippen LogP contribution in [0.25, 0.3) is 0 Å². The first-order chi connectivity index (χ1) is 13.2. The molecule has 2 atom stereocenters. The van der Waals surface area contributed by atoms with Crippen LogP contribution in [0.2, 0.25) is 0 Å². The predicted octanol–water partition coefficient (Wildman–Crippen LogP) is 0.536. The fourth-order valence-corrected chi connectivity index (χ4v) is 3.66. The Balaban J connectivity index is 1.88. The molecule has 2 N–H and O–H groups in total. The highest BCUT2D eigenvalue weighted by molar-refractivity contribution is 5.85. The second kappa shape index (κ2) is 9.89. The average Bonchev–Trinajstić information content (AvgIpc) is 2.68. The molecule has 8 nitrogen and oxygen atoms in total. The summed E-state index contributed by atoms with van der Waals surface area (Å²) in [5, 5.41) is 6.93. The molecule has 1 saturated carbocycles. The highest BCUT2D eigenvalue weighted by Gasteiger charge is 2.58. The number of likely N-dealkylation sites (N-methyl/N-ethyl adjacent to an activating group) is 1. The Hall–Kier alpha value is -1.38. The fraction of sp³-hybridized carbons (Fsp3) is 0.900. The molecule has 0 aromatic carbocycles. The molecule has 1 aliphatic carbocycles. The molecule has 2 aliphatic rings. The van der Waals surface area contributed by atoms with Gasteiger partial charge in [-0.1, -0.05) is 13.8 Å². The van der Waals surface area contributed by atoms with Crippen LogP contribution in [-0.2, 0) is 14.3 Å². The summed E-state index contributed by atoms with van der Waals surface area (Å²) in [6, 6.07) is 0.248. The Bertz CT molecular complexity index is 546. The summed E-state index contributed by atoms with van der Waals surface area (Å²) in [6.45, 7) is 12.2. The predicted molar refractivity (Wildman–Crippen MR) is 112 cm³/mol. The van der Waals surface area contributed by atoms with Gasteiger partial charge in [-0.2, -0.15) is 0 Å². The molecule has 0 aromatic rings. The van der Waals surface area contributed by atoms with Crippen LogP contribution in [0.1, 0.15) is 33.6 Å². The zero-order chi connectivity index (χ0) is 20.8. The number of hydrogen-bond acceptors (Lipinski definition) is 5. The maximum Gasteiger partial charge on any atom is 0.243 e. The third-order valence-electron chi connectivity index (χ3n) is 6.51. The normalized spacial score (nSPS) is 27.8. The van der Waals surface area contributed by atoms with E-state index in [0.717, 1.165) is 52.2 Å². The smallest absolute Gasteiger partial charge is 0.243 e. The Morgan fingerprint density at radius 3 is 2.54 bits per heavy atom. The van der Waals surface area contributed by atoms with E-state index in [1.807, 2.05) is 0 Å². The molecular formula is C20H39N5O3. The van der Waals surface area contributed by atoms with Crippen molar-refractivity contribution in [2.45, 2.75) is 45.3 Å². The Morgan fingerprint density at radius 1 is 1.29 bits per heavy atom. The largest absolute Gasteiger partial charge is 0.379 e. The number of carbonyl (C=O) groups excluding carboxylic acids is 1. The lowest BCUT2D eigenvalue weighted by molar-refractivity contribution is -0.176. The molecule has 2 rings (SSSR count). The van der Waals surface area contributed by atoms with Gasteiger partial charge in [-0.05, 0) is 26.3 Å². The molecule has 162 valence electrons. The van der Waals surface area contributed by atoms with Crippen LogP contribution in [0.15, 0.2) is 4.99 Å². The first-order valence-electron chi connectivity index (χ1n) is 10.3. The minimum Gasteiger partial charge on any atom is -0.379 e. The molecule has 28 heavy (non-hydrogen) atoms. The number of nitrogens with one attached hydrogen (secondary N) is 2. The number of nitrogens with zero attached hydrogens (tertiary/aromatic N) is 3. The summed E-state index contributed by atoms with van der Waals surface area (Å²) in [5.41, 5.74) is -0.172. The first-order valence-corrected chi connectivity index (χ1v) is 10.3. The number of methoxy groups -OCH3 is 1. The standard InChI is InChI=1S/C20H39N5O3/c1-19(2)16(14-20(19,3)27-6)23-18(22-15-17(26)24(4)5)21-8-7-9-25-10-12-28-13-11-25/h16H,7-15H2,1-6H3,(H2,21,22,23). The molecule has 0 spiro atoms. The summed E-state index contributed by atoms with van der Waals surface area (Å²) >= 11 is 0. The van der Waals surface area contributed by atoms with Crippen molar-refractivity contribution in [3.05, 3.63) is 0 Å². The molecular weight excluding hydrogens is 358 g/mol. The van der Waals surface area contributed by atoms with E-state index < -0.39 is 0 Å². The Labute approximate surface area is 170 Å². The van der Waals surface area contributed by atoms with E-state index in [9.17, 15) is 4.79 Å². The van der Waals surface area contributed by atoms with Gasteiger partial charge in [0.05, 0.1) is 18.8 Å². The molecule has 2 fully saturated rings. The van der Waals surface area contributed by atoms with Crippen LogP contribution in [0, 0.1) is 5.41 Å². The van der Waals surface area contributed by atoms with Gasteiger partial charge in [0.25, 0.3) is 0 Å². The molecule has 1 aliphatic heterocycles. The summed E-state index contributed by atoms with van der Waals surface area (Å²) in [4.78, 5) is 20.5. The molecule has 0 bridgehead atoms. The average molecular weight is 398 g/mol. The van der Waals surface area contributed by atoms with Gasteiger partial charge in [-0.25, -0.2) is 4.99 Å². The lowest BCUT2D eigenvalue weighted by Crippen LogP contribution is -2.69. The highest BCUT2D eigenvalue weighted by atomic mass is 16.5. The number of carbonyl (C=O) groups is 1. The SMILES string of the molecule is COC1(C)CC(NC(=NCC(=O)N(C)C)NCCCN2CCOCC2)C1(C)C. The molecule has 1 saturated heterocycles. The Kier molecular flexibility index (Phi) is 8.09. The number of guanidine groups is 1. The van der Waals surface area contributed by atoms with Crippen LogP contribution in [0.5, 0.6) is 0 Å². The minimum atomic E-state index is -0.147. The number of morpholine rings is 1. The van der Waals surface area contributed by atoms with Crippen molar-refractivity contribution in [3.8, 4) is 0 Å². The van der Waals surface area contributed by atoms with Gasteiger partial charge in [0.15, 0.2) is 5.96 Å². The minimum absolute atomic E-state index is 0.0102. The highest BCUT2D eigenvalue weighted by Crippen LogP contribution is 2.51. The van der Waals surface area contributed by atoms with Crippen molar-refractivity contribution in [1.82, 2.24) is 20.4 Å². The molecule has 2 unspecified atom stereocenters. The van der Waals surface area contributed by atoms with Crippen molar-refractivity contribution in [1.29, 1.82) is 0 Å². The zero-order valence-electron chi connectivity index (χ0n) is 18.5. The van der Waals surface area contributed by atoms with Crippen molar-refractivity contribution in [3.63, 3.8) is 0 Å². The molecule has 1 heterocycles. The maximum absolute atomic E-state index is 12.0. The van der Waals surface area contributed by atoms with Crippen molar-refractivity contribution in [2.75, 3.05) is 67.1 Å². The van der Waals surface area contributed by atoms with Crippen molar-refractivity contribution >= 4 is 11.9 Å². The van der Waals surface area contributed by atoms with Gasteiger partial charge in [-0.15, -0.1) is 0 Å². The maximum atomic E-state index is 12.0. The number of hydrogen-bond donors (Lipinski definition) is 2. The lowest BCUT2D eigenvalue weighted by Gasteiger charge is -2.59. The van der Waals surface area contributed by atoms with Crippen LogP contribution >= 0.6 is 0 Å². The number of aliphatic imine (C=N–C) groups is 1. The third kappa shape index (κ3) is 5.58. The van der Waals surface area contributed by atoms with E-state index in [2.05, 4.69) is 41.3 Å². The van der Waals surface area contributed by atoms with Crippen molar-refractivity contribution in [2.24, 2.45) is 10.4 Å². The summed E-state index contributed by atoms with van der Waals surface area (Å²) in [5.74, 6) is 0.692. The van der Waals surface area contributed by atoms with Gasteiger partial charge in [0.2, 0.25) is 5.91 Å². The quantitative estimate of drug-likeness (QED) is 0.354. The first kappa shape index (κ1) is 22.9. The van der Waals surface area contributed by atoms with E-state index in [4.69, 9.17) is 9.47 Å². The van der Waals surface area contributed by atoms with Gasteiger partial charge in [0, 0.05) is 52.3 Å². The summed E-state index contributed by atoms with van der Waals surface area (Å²) < 4.78 is 11.1. The van der Waals surface area contributed by atoms with Gasteiger partial charge in [0.1, 0.15) is 6.54 Å². The fourth-order valence-electron chi connectivity index (χ4n) is 3.66. The third-order valence-corrected chi connectivity index (χ3v) is 6.51. The van der Waals surface area contributed by atoms with Gasteiger partial charge < -0.3 is 25.0 Å². The summed E-state index contributed by atoms with van der Waals surface area (Å²) in [6.07, 6.45) is 1.93. The van der Waals surface area contributed by atoms with Crippen LogP contribution in [0.3, 0.4) is 0 Å². The van der Waals surface area contributed by atoms with E-state index in [-0.39, 0.29) is 29.5 Å². The van der Waals surface area contributed by atoms with E-state index in [1.165, 1.54) is 0 Å². The van der Waals surface area contributed by atoms with Crippen molar-refractivity contribution < 1.29 is 14.3 Å². The second-order valence-electron chi connectivity index (χ2n) is 8.75.